The number of rotatable bonds is 5. The van der Waals surface area contributed by atoms with Crippen LogP contribution in [0.1, 0.15) is 16.7 Å². The number of nitrogens with one attached hydrogen (secondary N) is 2. The Morgan fingerprint density at radius 1 is 1.17 bits per heavy atom. The summed E-state index contributed by atoms with van der Waals surface area (Å²) in [5, 5.41) is 6.52. The zero-order chi connectivity index (χ0) is 17.1. The van der Waals surface area contributed by atoms with E-state index in [4.69, 9.17) is 21.1 Å². The highest BCUT2D eigenvalue weighted by Crippen LogP contribution is 2.32. The van der Waals surface area contributed by atoms with Crippen molar-refractivity contribution >= 4 is 23.2 Å². The molecule has 1 aliphatic heterocycles. The van der Waals surface area contributed by atoms with Crippen molar-refractivity contribution in [3.8, 4) is 11.5 Å². The fraction of sp³-hybridized carbons (Fsp3) is 0.278. The van der Waals surface area contributed by atoms with E-state index < -0.39 is 0 Å². The number of hydrogen-bond acceptors (Lipinski definition) is 4. The summed E-state index contributed by atoms with van der Waals surface area (Å²) in [6.07, 6.45) is 0. The first-order valence-electron chi connectivity index (χ1n) is 7.69. The van der Waals surface area contributed by atoms with Crippen LogP contribution >= 0.6 is 11.6 Å². The van der Waals surface area contributed by atoms with Crippen LogP contribution in [0.25, 0.3) is 0 Å². The first-order valence-corrected chi connectivity index (χ1v) is 8.06. The third-order valence-electron chi connectivity index (χ3n) is 3.75. The van der Waals surface area contributed by atoms with E-state index in [1.807, 2.05) is 44.2 Å². The van der Waals surface area contributed by atoms with Crippen LogP contribution in [0.2, 0.25) is 5.02 Å². The summed E-state index contributed by atoms with van der Waals surface area (Å²) in [7, 11) is 0. The van der Waals surface area contributed by atoms with Crippen molar-refractivity contribution in [1.82, 2.24) is 5.32 Å². The Morgan fingerprint density at radius 2 is 1.96 bits per heavy atom. The smallest absolute Gasteiger partial charge is 0.238 e. The van der Waals surface area contributed by atoms with Gasteiger partial charge in [0.05, 0.1) is 17.3 Å². The Balaban J connectivity index is 1.53. The van der Waals surface area contributed by atoms with Gasteiger partial charge >= 0.3 is 0 Å². The van der Waals surface area contributed by atoms with Gasteiger partial charge in [-0.05, 0) is 48.7 Å². The summed E-state index contributed by atoms with van der Waals surface area (Å²) >= 11 is 6.20. The Labute approximate surface area is 145 Å². The van der Waals surface area contributed by atoms with Gasteiger partial charge in [0.2, 0.25) is 12.7 Å². The Kier molecular flexibility index (Phi) is 4.92. The van der Waals surface area contributed by atoms with Gasteiger partial charge in [-0.15, -0.1) is 0 Å². The molecule has 6 heteroatoms. The lowest BCUT2D eigenvalue weighted by Crippen LogP contribution is -2.28. The van der Waals surface area contributed by atoms with E-state index in [2.05, 4.69) is 10.6 Å². The van der Waals surface area contributed by atoms with Crippen LogP contribution in [0.5, 0.6) is 11.5 Å². The maximum absolute atomic E-state index is 12.1. The predicted molar refractivity (Wildman–Crippen MR) is 93.8 cm³/mol. The molecule has 2 aromatic rings. The quantitative estimate of drug-likeness (QED) is 0.871. The molecule has 126 valence electrons. The SMILES string of the molecule is Cc1cc(C)c(NC(=O)CNCc2ccc3c(c2)OCO3)c(Cl)c1. The molecule has 1 aliphatic rings. The van der Waals surface area contributed by atoms with Gasteiger partial charge in [0.1, 0.15) is 0 Å². The van der Waals surface area contributed by atoms with Gasteiger partial charge in [0, 0.05) is 6.54 Å². The minimum absolute atomic E-state index is 0.135. The average Bonchev–Trinajstić information content (AvgIpc) is 2.98. The third-order valence-corrected chi connectivity index (χ3v) is 4.05. The Morgan fingerprint density at radius 3 is 2.75 bits per heavy atom. The molecule has 1 heterocycles. The lowest BCUT2D eigenvalue weighted by atomic mass is 10.1. The number of anilines is 1. The second kappa shape index (κ2) is 7.11. The lowest BCUT2D eigenvalue weighted by molar-refractivity contribution is -0.115. The molecule has 0 fully saturated rings. The van der Waals surface area contributed by atoms with Crippen molar-refractivity contribution < 1.29 is 14.3 Å². The molecule has 0 bridgehead atoms. The highest BCUT2D eigenvalue weighted by molar-refractivity contribution is 6.34. The molecule has 0 aromatic heterocycles. The summed E-state index contributed by atoms with van der Waals surface area (Å²) in [6, 6.07) is 9.55. The van der Waals surface area contributed by atoms with E-state index in [1.165, 1.54) is 0 Å². The van der Waals surface area contributed by atoms with E-state index in [0.29, 0.717) is 17.3 Å². The molecule has 0 saturated heterocycles. The van der Waals surface area contributed by atoms with Crippen LogP contribution in [0, 0.1) is 13.8 Å². The van der Waals surface area contributed by atoms with Crippen LogP contribution in [0.3, 0.4) is 0 Å². The average molecular weight is 347 g/mol. The highest BCUT2D eigenvalue weighted by Gasteiger charge is 2.13. The monoisotopic (exact) mass is 346 g/mol. The molecule has 2 aromatic carbocycles. The molecule has 0 spiro atoms. The minimum atomic E-state index is -0.135. The molecule has 0 unspecified atom stereocenters. The molecule has 3 rings (SSSR count). The lowest BCUT2D eigenvalue weighted by Gasteiger charge is -2.12. The summed E-state index contributed by atoms with van der Waals surface area (Å²) in [6.45, 7) is 4.90. The number of benzene rings is 2. The number of amides is 1. The molecule has 5 nitrogen and oxygen atoms in total. The summed E-state index contributed by atoms with van der Waals surface area (Å²) in [5.41, 5.74) is 3.70. The molecule has 0 saturated carbocycles. The third kappa shape index (κ3) is 3.80. The number of halogens is 1. The maximum atomic E-state index is 12.1. The molecule has 0 atom stereocenters. The van der Waals surface area contributed by atoms with Crippen LogP contribution in [-0.4, -0.2) is 19.2 Å². The van der Waals surface area contributed by atoms with Gasteiger partial charge in [0.25, 0.3) is 0 Å². The minimum Gasteiger partial charge on any atom is -0.454 e. The van der Waals surface area contributed by atoms with Crippen molar-refractivity contribution in [2.24, 2.45) is 0 Å². The van der Waals surface area contributed by atoms with Crippen LogP contribution in [-0.2, 0) is 11.3 Å². The predicted octanol–water partition coefficient (Wildman–Crippen LogP) is 3.41. The summed E-state index contributed by atoms with van der Waals surface area (Å²) in [4.78, 5) is 12.1. The van der Waals surface area contributed by atoms with Gasteiger partial charge in [-0.2, -0.15) is 0 Å². The number of fused-ring (bicyclic) bond motifs is 1. The normalized spacial score (nSPS) is 12.3. The fourth-order valence-corrected chi connectivity index (χ4v) is 3.00. The number of hydrogen-bond donors (Lipinski definition) is 2. The number of carbonyl (C=O) groups is 1. The molecule has 0 aliphatic carbocycles. The van der Waals surface area contributed by atoms with Crippen LogP contribution in [0.15, 0.2) is 30.3 Å². The molecule has 24 heavy (non-hydrogen) atoms. The fourth-order valence-electron chi connectivity index (χ4n) is 2.63. The maximum Gasteiger partial charge on any atom is 0.238 e. The van der Waals surface area contributed by atoms with Gasteiger partial charge < -0.3 is 20.1 Å². The highest BCUT2D eigenvalue weighted by atomic mass is 35.5. The van der Waals surface area contributed by atoms with Crippen molar-refractivity contribution in [1.29, 1.82) is 0 Å². The number of aryl methyl sites for hydroxylation is 2. The van der Waals surface area contributed by atoms with Gasteiger partial charge in [-0.25, -0.2) is 0 Å². The van der Waals surface area contributed by atoms with Crippen LogP contribution in [0.4, 0.5) is 5.69 Å². The molecule has 0 radical (unpaired) electrons. The Bertz CT molecular complexity index is 754. The van der Waals surface area contributed by atoms with Gasteiger partial charge in [-0.3, -0.25) is 4.79 Å². The molecular formula is C18H19ClN2O3. The standard InChI is InChI=1S/C18H19ClN2O3/c1-11-5-12(2)18(14(19)6-11)21-17(22)9-20-8-13-3-4-15-16(7-13)24-10-23-15/h3-7,20H,8-10H2,1-2H3,(H,21,22). The first-order chi connectivity index (χ1) is 11.5. The van der Waals surface area contributed by atoms with E-state index in [-0.39, 0.29) is 19.2 Å². The van der Waals surface area contributed by atoms with Crippen molar-refractivity contribution in [2.75, 3.05) is 18.7 Å². The summed E-state index contributed by atoms with van der Waals surface area (Å²) in [5.74, 6) is 1.35. The second-order valence-electron chi connectivity index (χ2n) is 5.78. The van der Waals surface area contributed by atoms with Gasteiger partial charge in [0.15, 0.2) is 11.5 Å². The Hall–Kier alpha value is -2.24. The molecular weight excluding hydrogens is 328 g/mol. The number of carbonyl (C=O) groups excluding carboxylic acids is 1. The molecule has 2 N–H and O–H groups in total. The summed E-state index contributed by atoms with van der Waals surface area (Å²) < 4.78 is 10.6. The zero-order valence-corrected chi connectivity index (χ0v) is 14.4. The zero-order valence-electron chi connectivity index (χ0n) is 13.6. The molecule has 1 amide bonds. The van der Waals surface area contributed by atoms with Crippen molar-refractivity contribution in [3.05, 3.63) is 52.0 Å². The van der Waals surface area contributed by atoms with E-state index in [1.54, 1.807) is 0 Å². The first kappa shape index (κ1) is 16.6. The topological polar surface area (TPSA) is 59.6 Å². The van der Waals surface area contributed by atoms with Crippen molar-refractivity contribution in [3.63, 3.8) is 0 Å². The van der Waals surface area contributed by atoms with E-state index in [9.17, 15) is 4.79 Å². The van der Waals surface area contributed by atoms with E-state index >= 15 is 0 Å². The van der Waals surface area contributed by atoms with Crippen molar-refractivity contribution in [2.45, 2.75) is 20.4 Å². The van der Waals surface area contributed by atoms with Gasteiger partial charge in [-0.1, -0.05) is 23.7 Å². The van der Waals surface area contributed by atoms with E-state index in [0.717, 1.165) is 28.2 Å². The van der Waals surface area contributed by atoms with Crippen LogP contribution < -0.4 is 20.1 Å². The largest absolute Gasteiger partial charge is 0.454 e. The second-order valence-corrected chi connectivity index (χ2v) is 6.19. The number of ether oxygens (including phenoxy) is 2.